The lowest BCUT2D eigenvalue weighted by Gasteiger charge is -2.26. The first-order valence-corrected chi connectivity index (χ1v) is 7.34. The van der Waals surface area contributed by atoms with Crippen molar-refractivity contribution in [2.24, 2.45) is 0 Å². The highest BCUT2D eigenvalue weighted by Crippen LogP contribution is 2.15. The average molecular weight is 274 g/mol. The van der Waals surface area contributed by atoms with Gasteiger partial charge in [0, 0.05) is 30.0 Å². The number of nitrogens with zero attached hydrogens (tertiary/aromatic N) is 3. The molecule has 19 heavy (non-hydrogen) atoms. The van der Waals surface area contributed by atoms with Crippen molar-refractivity contribution in [3.63, 3.8) is 0 Å². The van der Waals surface area contributed by atoms with Crippen LogP contribution in [0.2, 0.25) is 0 Å². The van der Waals surface area contributed by atoms with E-state index in [-0.39, 0.29) is 6.03 Å². The number of hydrogen-bond donors (Lipinski definition) is 1. The summed E-state index contributed by atoms with van der Waals surface area (Å²) in [6, 6.07) is 9.47. The van der Waals surface area contributed by atoms with Crippen molar-refractivity contribution < 1.29 is 4.79 Å². The number of aromatic nitrogens is 2. The largest absolute Gasteiger partial charge is 0.323 e. The van der Waals surface area contributed by atoms with Gasteiger partial charge >= 0.3 is 6.03 Å². The number of rotatable bonds is 1. The van der Waals surface area contributed by atoms with Crippen LogP contribution in [-0.4, -0.2) is 45.7 Å². The molecule has 1 N–H and O–H groups in total. The lowest BCUT2D eigenvalue weighted by molar-refractivity contribution is 0.217. The van der Waals surface area contributed by atoms with Gasteiger partial charge in [-0.3, -0.25) is 5.32 Å². The Morgan fingerprint density at radius 3 is 2.84 bits per heavy atom. The van der Waals surface area contributed by atoms with E-state index in [1.165, 1.54) is 0 Å². The second-order valence-corrected chi connectivity index (χ2v) is 5.54. The van der Waals surface area contributed by atoms with Gasteiger partial charge in [-0.1, -0.05) is 18.2 Å². The molecule has 0 saturated carbocycles. The van der Waals surface area contributed by atoms with E-state index in [9.17, 15) is 4.79 Å². The molecule has 0 bridgehead atoms. The van der Waals surface area contributed by atoms with Crippen LogP contribution >= 0.6 is 11.8 Å². The van der Waals surface area contributed by atoms with Crippen LogP contribution in [0.5, 0.6) is 0 Å². The number of anilines is 1. The van der Waals surface area contributed by atoms with E-state index in [0.29, 0.717) is 5.82 Å². The highest BCUT2D eigenvalue weighted by atomic mass is 32.2. The van der Waals surface area contributed by atoms with Crippen LogP contribution < -0.4 is 5.32 Å². The summed E-state index contributed by atoms with van der Waals surface area (Å²) in [5.74, 6) is 2.50. The maximum atomic E-state index is 12.0. The molecule has 2 amide bonds. The minimum Gasteiger partial charge on any atom is -0.323 e. The Balaban J connectivity index is 1.75. The molecule has 1 fully saturated rings. The quantitative estimate of drug-likeness (QED) is 0.866. The summed E-state index contributed by atoms with van der Waals surface area (Å²) in [4.78, 5) is 13.9. The third-order valence-corrected chi connectivity index (χ3v) is 3.97. The standard InChI is InChI=1S/C13H14N4OS/c18-13(17-5-7-19-8-6-17)14-12-9-10-3-1-2-4-11(10)15-16-12/h1-4,9H,5-8H2,(H,14,16,18). The van der Waals surface area contributed by atoms with Gasteiger partial charge in [-0.15, -0.1) is 10.2 Å². The van der Waals surface area contributed by atoms with Gasteiger partial charge in [-0.05, 0) is 12.1 Å². The van der Waals surface area contributed by atoms with Crippen LogP contribution in [0.15, 0.2) is 30.3 Å². The number of carbonyl (C=O) groups excluding carboxylic acids is 1. The predicted octanol–water partition coefficient (Wildman–Crippen LogP) is 2.21. The molecule has 1 aliphatic heterocycles. The number of urea groups is 1. The van der Waals surface area contributed by atoms with E-state index in [2.05, 4.69) is 15.5 Å². The van der Waals surface area contributed by atoms with E-state index in [0.717, 1.165) is 35.5 Å². The minimum atomic E-state index is -0.0927. The van der Waals surface area contributed by atoms with Crippen molar-refractivity contribution in [2.75, 3.05) is 29.9 Å². The van der Waals surface area contributed by atoms with E-state index in [1.807, 2.05) is 47.0 Å². The Labute approximate surface area is 115 Å². The van der Waals surface area contributed by atoms with Crippen LogP contribution in [0, 0.1) is 0 Å². The normalized spacial score (nSPS) is 15.5. The van der Waals surface area contributed by atoms with E-state index in [4.69, 9.17) is 0 Å². The fraction of sp³-hybridized carbons (Fsp3) is 0.308. The molecule has 1 aliphatic rings. The minimum absolute atomic E-state index is 0.0927. The van der Waals surface area contributed by atoms with E-state index >= 15 is 0 Å². The Kier molecular flexibility index (Phi) is 3.50. The van der Waals surface area contributed by atoms with E-state index in [1.54, 1.807) is 0 Å². The van der Waals surface area contributed by atoms with Gasteiger partial charge in [0.25, 0.3) is 0 Å². The summed E-state index contributed by atoms with van der Waals surface area (Å²) in [6.07, 6.45) is 0. The Morgan fingerprint density at radius 1 is 1.21 bits per heavy atom. The number of carbonyl (C=O) groups is 1. The summed E-state index contributed by atoms with van der Waals surface area (Å²) < 4.78 is 0. The maximum Gasteiger partial charge on any atom is 0.323 e. The topological polar surface area (TPSA) is 58.1 Å². The number of benzene rings is 1. The van der Waals surface area contributed by atoms with Gasteiger partial charge < -0.3 is 4.90 Å². The van der Waals surface area contributed by atoms with Crippen molar-refractivity contribution in [3.05, 3.63) is 30.3 Å². The molecule has 0 unspecified atom stereocenters. The number of hydrogen-bond acceptors (Lipinski definition) is 4. The number of fused-ring (bicyclic) bond motifs is 1. The van der Waals surface area contributed by atoms with Crippen LogP contribution in [0.1, 0.15) is 0 Å². The maximum absolute atomic E-state index is 12.0. The summed E-state index contributed by atoms with van der Waals surface area (Å²) in [7, 11) is 0. The molecule has 1 aromatic heterocycles. The molecule has 0 aliphatic carbocycles. The van der Waals surface area contributed by atoms with Gasteiger partial charge in [0.05, 0.1) is 5.52 Å². The number of nitrogens with one attached hydrogen (secondary N) is 1. The molecule has 0 atom stereocenters. The third-order valence-electron chi connectivity index (χ3n) is 3.03. The van der Waals surface area contributed by atoms with Gasteiger partial charge in [0.15, 0.2) is 5.82 Å². The molecule has 0 radical (unpaired) electrons. The second-order valence-electron chi connectivity index (χ2n) is 4.32. The molecule has 98 valence electrons. The molecule has 2 aromatic rings. The first-order chi connectivity index (χ1) is 9.33. The van der Waals surface area contributed by atoms with Crippen LogP contribution in [0.4, 0.5) is 10.6 Å². The van der Waals surface area contributed by atoms with Gasteiger partial charge in [0.2, 0.25) is 0 Å². The predicted molar refractivity (Wildman–Crippen MR) is 77.5 cm³/mol. The zero-order valence-corrected chi connectivity index (χ0v) is 11.2. The lowest BCUT2D eigenvalue weighted by Crippen LogP contribution is -2.40. The molecule has 1 saturated heterocycles. The van der Waals surface area contributed by atoms with Crippen molar-refractivity contribution in [2.45, 2.75) is 0 Å². The molecule has 5 nitrogen and oxygen atoms in total. The van der Waals surface area contributed by atoms with Crippen molar-refractivity contribution >= 4 is 34.5 Å². The molecule has 6 heteroatoms. The fourth-order valence-corrected chi connectivity index (χ4v) is 2.90. The van der Waals surface area contributed by atoms with Crippen LogP contribution in [0.25, 0.3) is 10.9 Å². The first-order valence-electron chi connectivity index (χ1n) is 6.19. The van der Waals surface area contributed by atoms with Crippen molar-refractivity contribution in [1.82, 2.24) is 15.1 Å². The molecular formula is C13H14N4OS. The van der Waals surface area contributed by atoms with Crippen LogP contribution in [-0.2, 0) is 0 Å². The summed E-state index contributed by atoms with van der Waals surface area (Å²) in [5.41, 5.74) is 0.829. The van der Waals surface area contributed by atoms with E-state index < -0.39 is 0 Å². The molecular weight excluding hydrogens is 260 g/mol. The lowest BCUT2D eigenvalue weighted by atomic mass is 10.2. The first kappa shape index (κ1) is 12.2. The van der Waals surface area contributed by atoms with Gasteiger partial charge in [-0.2, -0.15) is 11.8 Å². The summed E-state index contributed by atoms with van der Waals surface area (Å²) in [6.45, 7) is 1.58. The number of amides is 2. The highest BCUT2D eigenvalue weighted by molar-refractivity contribution is 7.99. The summed E-state index contributed by atoms with van der Waals surface area (Å²) in [5, 5.41) is 11.9. The highest BCUT2D eigenvalue weighted by Gasteiger charge is 2.17. The zero-order chi connectivity index (χ0) is 13.1. The van der Waals surface area contributed by atoms with Gasteiger partial charge in [0.1, 0.15) is 0 Å². The SMILES string of the molecule is O=C(Nc1cc2ccccc2nn1)N1CCSCC1. The Hall–Kier alpha value is -1.82. The van der Waals surface area contributed by atoms with Crippen LogP contribution in [0.3, 0.4) is 0 Å². The zero-order valence-electron chi connectivity index (χ0n) is 10.4. The Bertz CT molecular complexity index is 598. The molecule has 0 spiro atoms. The van der Waals surface area contributed by atoms with Crippen molar-refractivity contribution in [1.29, 1.82) is 0 Å². The fourth-order valence-electron chi connectivity index (χ4n) is 2.00. The summed E-state index contributed by atoms with van der Waals surface area (Å²) >= 11 is 1.87. The van der Waals surface area contributed by atoms with Gasteiger partial charge in [-0.25, -0.2) is 4.79 Å². The molecule has 2 heterocycles. The van der Waals surface area contributed by atoms with Crippen molar-refractivity contribution in [3.8, 4) is 0 Å². The molecule has 1 aromatic carbocycles. The Morgan fingerprint density at radius 2 is 2.00 bits per heavy atom. The molecule has 3 rings (SSSR count). The second kappa shape index (κ2) is 5.44. The monoisotopic (exact) mass is 274 g/mol. The average Bonchev–Trinajstić information content (AvgIpc) is 2.48. The smallest absolute Gasteiger partial charge is 0.323 e. The number of thioether (sulfide) groups is 1. The third kappa shape index (κ3) is 2.78.